The van der Waals surface area contributed by atoms with E-state index < -0.39 is 0 Å². The first-order valence-corrected chi connectivity index (χ1v) is 14.7. The Morgan fingerprint density at radius 1 is 1.07 bits per heavy atom. The molecule has 1 saturated carbocycles. The molecule has 4 aromatic rings. The minimum Gasteiger partial charge on any atom is -0.366 e. The molecule has 3 aromatic heterocycles. The summed E-state index contributed by atoms with van der Waals surface area (Å²) in [4.78, 5) is 34.0. The molecule has 2 aliphatic heterocycles. The van der Waals surface area contributed by atoms with Gasteiger partial charge in [0, 0.05) is 68.1 Å². The first kappa shape index (κ1) is 27.3. The number of anilines is 4. The Labute approximate surface area is 253 Å². The number of carbonyl (C=O) groups excluding carboxylic acids is 2. The van der Waals surface area contributed by atoms with Gasteiger partial charge >= 0.3 is 0 Å². The fourth-order valence-corrected chi connectivity index (χ4v) is 5.99. The first-order chi connectivity index (χ1) is 20.9. The zero-order valence-corrected chi connectivity index (χ0v) is 24.6. The summed E-state index contributed by atoms with van der Waals surface area (Å²) >= 11 is 6.14. The van der Waals surface area contributed by atoms with Crippen LogP contribution in [0.5, 0.6) is 0 Å². The molecule has 1 aliphatic carbocycles. The van der Waals surface area contributed by atoms with Crippen LogP contribution in [0.25, 0.3) is 11.1 Å². The van der Waals surface area contributed by atoms with Crippen molar-refractivity contribution in [3.8, 4) is 11.1 Å². The molecule has 0 spiro atoms. The number of amides is 2. The molecule has 0 radical (unpaired) electrons. The van der Waals surface area contributed by atoms with Crippen molar-refractivity contribution in [2.45, 2.75) is 32.0 Å². The van der Waals surface area contributed by atoms with Crippen LogP contribution in [0.2, 0.25) is 5.02 Å². The van der Waals surface area contributed by atoms with Crippen LogP contribution < -0.4 is 20.9 Å². The molecule has 12 nitrogen and oxygen atoms in total. The Hall–Kier alpha value is -4.55. The van der Waals surface area contributed by atoms with Crippen molar-refractivity contribution in [1.82, 2.24) is 35.2 Å². The predicted molar refractivity (Wildman–Crippen MR) is 163 cm³/mol. The fourth-order valence-electron chi connectivity index (χ4n) is 5.81. The van der Waals surface area contributed by atoms with Crippen molar-refractivity contribution in [2.75, 3.05) is 42.7 Å². The maximum atomic E-state index is 12.7. The smallest absolute Gasteiger partial charge is 0.273 e. The highest BCUT2D eigenvalue weighted by molar-refractivity contribution is 6.30. The van der Waals surface area contributed by atoms with E-state index in [1.54, 1.807) is 25.4 Å². The second-order valence-electron chi connectivity index (χ2n) is 11.3. The van der Waals surface area contributed by atoms with Crippen LogP contribution in [0.3, 0.4) is 0 Å². The highest BCUT2D eigenvalue weighted by Gasteiger charge is 2.34. The van der Waals surface area contributed by atoms with Gasteiger partial charge in [0.1, 0.15) is 0 Å². The lowest BCUT2D eigenvalue weighted by Crippen LogP contribution is -2.48. The summed E-state index contributed by atoms with van der Waals surface area (Å²) in [5.41, 5.74) is 6.64. The molecule has 0 unspecified atom stereocenters. The van der Waals surface area contributed by atoms with Gasteiger partial charge in [0.25, 0.3) is 5.91 Å². The number of nitrogens with one attached hydrogen (secondary N) is 3. The molecule has 0 bridgehead atoms. The predicted octanol–water partition coefficient (Wildman–Crippen LogP) is 3.85. The van der Waals surface area contributed by atoms with Crippen LogP contribution in [0.15, 0.2) is 48.8 Å². The average Bonchev–Trinajstić information content (AvgIpc) is 3.75. The maximum Gasteiger partial charge on any atom is 0.273 e. The SMILES string of the molecule is CNC(=O)c1nnc(NC(=O)C2CC2)cc1Nc1cccc2c1N(C)Cc1c-2cnn1C1CN(Cc2cc(Cl)ccn2)C1. The van der Waals surface area contributed by atoms with Gasteiger partial charge in [-0.15, -0.1) is 10.2 Å². The lowest BCUT2D eigenvalue weighted by molar-refractivity contribution is -0.117. The molecule has 43 heavy (non-hydrogen) atoms. The van der Waals surface area contributed by atoms with Gasteiger partial charge in [-0.05, 0) is 31.0 Å². The van der Waals surface area contributed by atoms with Crippen LogP contribution in [0.4, 0.5) is 22.9 Å². The van der Waals surface area contributed by atoms with Gasteiger partial charge in [-0.2, -0.15) is 5.10 Å². The monoisotopic (exact) mass is 598 g/mol. The van der Waals surface area contributed by atoms with E-state index in [0.717, 1.165) is 60.7 Å². The van der Waals surface area contributed by atoms with Crippen molar-refractivity contribution in [1.29, 1.82) is 0 Å². The van der Waals surface area contributed by atoms with Gasteiger partial charge in [-0.1, -0.05) is 23.7 Å². The van der Waals surface area contributed by atoms with E-state index in [4.69, 9.17) is 16.7 Å². The van der Waals surface area contributed by atoms with Gasteiger partial charge in [-0.3, -0.25) is 24.2 Å². The van der Waals surface area contributed by atoms with Crippen molar-refractivity contribution >= 4 is 46.3 Å². The first-order valence-electron chi connectivity index (χ1n) is 14.3. The number of carbonyl (C=O) groups is 2. The Kier molecular flexibility index (Phi) is 6.94. The standard InChI is InChI=1S/C30H31ClN10O2/c1-32-30(43)27-24(11-26(37-38-27)36-29(42)17-6-7-17)35-23-5-3-4-21-22-12-34-41(25(22)16-39(2)28(21)23)20-14-40(15-20)13-19-10-18(31)8-9-33-19/h3-5,8-12,17,20H,6-7,13-16H2,1-2H3,(H,32,43)(H2,35,36,37,42). The number of rotatable bonds is 8. The summed E-state index contributed by atoms with van der Waals surface area (Å²) in [6, 6.07) is 11.7. The van der Waals surface area contributed by atoms with Crippen molar-refractivity contribution in [2.24, 2.45) is 5.92 Å². The molecule has 2 fully saturated rings. The zero-order valence-electron chi connectivity index (χ0n) is 23.8. The molecule has 1 saturated heterocycles. The number of hydrogen-bond donors (Lipinski definition) is 3. The highest BCUT2D eigenvalue weighted by Crippen LogP contribution is 2.45. The Bertz CT molecular complexity index is 1730. The number of fused-ring (bicyclic) bond motifs is 3. The Morgan fingerprint density at radius 3 is 2.67 bits per heavy atom. The molecule has 3 N–H and O–H groups in total. The lowest BCUT2D eigenvalue weighted by Gasteiger charge is -2.40. The average molecular weight is 599 g/mol. The largest absolute Gasteiger partial charge is 0.366 e. The molecule has 2 amide bonds. The summed E-state index contributed by atoms with van der Waals surface area (Å²) in [7, 11) is 3.59. The number of aromatic nitrogens is 5. The summed E-state index contributed by atoms with van der Waals surface area (Å²) < 4.78 is 2.15. The van der Waals surface area contributed by atoms with Crippen molar-refractivity contribution in [3.05, 3.63) is 70.9 Å². The van der Waals surface area contributed by atoms with Gasteiger partial charge in [0.15, 0.2) is 11.5 Å². The number of hydrogen-bond acceptors (Lipinski definition) is 9. The minimum atomic E-state index is -0.377. The second kappa shape index (κ2) is 10.9. The van der Waals surface area contributed by atoms with Crippen LogP contribution in [-0.2, 0) is 17.9 Å². The number of pyridine rings is 1. The van der Waals surface area contributed by atoms with E-state index in [-0.39, 0.29) is 29.5 Å². The van der Waals surface area contributed by atoms with Crippen LogP contribution in [0, 0.1) is 5.92 Å². The third kappa shape index (κ3) is 5.28. The molecule has 13 heteroatoms. The maximum absolute atomic E-state index is 12.7. The molecular formula is C30H31ClN10O2. The third-order valence-electron chi connectivity index (χ3n) is 8.15. The van der Waals surface area contributed by atoms with E-state index in [0.29, 0.717) is 23.1 Å². The molecular weight excluding hydrogens is 568 g/mol. The number of benzene rings is 1. The quantitative estimate of drug-likeness (QED) is 0.276. The Balaban J connectivity index is 1.14. The van der Waals surface area contributed by atoms with E-state index >= 15 is 0 Å². The van der Waals surface area contributed by atoms with Gasteiger partial charge in [0.05, 0.1) is 47.2 Å². The van der Waals surface area contributed by atoms with Gasteiger partial charge in [0.2, 0.25) is 5.91 Å². The molecule has 3 aliphatic rings. The normalized spacial score (nSPS) is 16.2. The summed E-state index contributed by atoms with van der Waals surface area (Å²) in [5.74, 6) is -0.137. The zero-order chi connectivity index (χ0) is 29.7. The van der Waals surface area contributed by atoms with Crippen molar-refractivity contribution in [3.63, 3.8) is 0 Å². The van der Waals surface area contributed by atoms with Crippen LogP contribution in [0.1, 0.15) is 40.8 Å². The van der Waals surface area contributed by atoms with Gasteiger partial charge in [-0.25, -0.2) is 0 Å². The molecule has 5 heterocycles. The van der Waals surface area contributed by atoms with Gasteiger partial charge < -0.3 is 20.9 Å². The summed E-state index contributed by atoms with van der Waals surface area (Å²) in [5, 5.41) is 22.6. The van der Waals surface area contributed by atoms with E-state index in [1.165, 1.54) is 5.69 Å². The van der Waals surface area contributed by atoms with E-state index in [9.17, 15) is 9.59 Å². The number of nitrogens with zero attached hydrogens (tertiary/aromatic N) is 7. The molecule has 1 aromatic carbocycles. The molecule has 7 rings (SSSR count). The van der Waals surface area contributed by atoms with Crippen molar-refractivity contribution < 1.29 is 9.59 Å². The summed E-state index contributed by atoms with van der Waals surface area (Å²) in [6.07, 6.45) is 5.44. The fraction of sp³-hybridized carbons (Fsp3) is 0.333. The number of likely N-dealkylation sites (tertiary alicyclic amines) is 1. The molecule has 220 valence electrons. The lowest BCUT2D eigenvalue weighted by atomic mass is 9.97. The molecule has 0 atom stereocenters. The van der Waals surface area contributed by atoms with Crippen LogP contribution >= 0.6 is 11.6 Å². The van der Waals surface area contributed by atoms with E-state index in [2.05, 4.69) is 51.7 Å². The van der Waals surface area contributed by atoms with Crippen LogP contribution in [-0.4, -0.2) is 68.9 Å². The summed E-state index contributed by atoms with van der Waals surface area (Å²) in [6.45, 7) is 3.20. The number of para-hydroxylation sites is 1. The number of halogens is 1. The van der Waals surface area contributed by atoms with E-state index in [1.807, 2.05) is 31.4 Å². The minimum absolute atomic E-state index is 0.0182. The second-order valence-corrected chi connectivity index (χ2v) is 11.7. The Morgan fingerprint density at radius 2 is 1.91 bits per heavy atom. The highest BCUT2D eigenvalue weighted by atomic mass is 35.5. The third-order valence-corrected chi connectivity index (χ3v) is 8.38. The topological polar surface area (TPSA) is 133 Å².